The summed E-state index contributed by atoms with van der Waals surface area (Å²) in [6.07, 6.45) is 0. The summed E-state index contributed by atoms with van der Waals surface area (Å²) in [5.74, 6) is -1.15. The molecule has 0 N–H and O–H groups in total. The molecular formula is C21H13F2NOS. The van der Waals surface area contributed by atoms with Crippen LogP contribution in [0.15, 0.2) is 65.6 Å². The molecule has 0 atom stereocenters. The Morgan fingerprint density at radius 3 is 2.08 bits per heavy atom. The molecule has 0 aliphatic carbocycles. The van der Waals surface area contributed by atoms with Gasteiger partial charge in [-0.2, -0.15) is 5.26 Å². The fourth-order valence-corrected chi connectivity index (χ4v) is 3.19. The van der Waals surface area contributed by atoms with E-state index in [1.165, 1.54) is 25.1 Å². The van der Waals surface area contributed by atoms with Crippen molar-refractivity contribution in [3.63, 3.8) is 0 Å². The summed E-state index contributed by atoms with van der Waals surface area (Å²) in [5, 5.41) is 8.78. The Labute approximate surface area is 154 Å². The number of nitrogens with zero attached hydrogens (tertiary/aromatic N) is 1. The predicted octanol–water partition coefficient (Wildman–Crippen LogP) is 5.81. The van der Waals surface area contributed by atoms with Gasteiger partial charge in [0.15, 0.2) is 5.12 Å². The van der Waals surface area contributed by atoms with Crippen LogP contribution < -0.4 is 0 Å². The second kappa shape index (κ2) is 7.51. The van der Waals surface area contributed by atoms with Gasteiger partial charge in [0.25, 0.3) is 0 Å². The van der Waals surface area contributed by atoms with Crippen LogP contribution in [-0.4, -0.2) is 5.12 Å². The molecule has 3 aromatic rings. The normalized spacial score (nSPS) is 10.4. The average molecular weight is 365 g/mol. The number of halogens is 2. The zero-order valence-electron chi connectivity index (χ0n) is 13.8. The topological polar surface area (TPSA) is 40.9 Å². The maximum atomic E-state index is 14.6. The molecule has 3 rings (SSSR count). The second-order valence-corrected chi connectivity index (χ2v) is 6.87. The molecule has 0 saturated carbocycles. The molecule has 2 nitrogen and oxygen atoms in total. The fourth-order valence-electron chi connectivity index (χ4n) is 2.58. The number of carbonyl (C=O) groups excluding carboxylic acids is 1. The number of thioether (sulfide) groups is 1. The molecule has 0 spiro atoms. The lowest BCUT2D eigenvalue weighted by Crippen LogP contribution is -1.90. The van der Waals surface area contributed by atoms with E-state index in [0.29, 0.717) is 11.1 Å². The lowest BCUT2D eigenvalue weighted by atomic mass is 9.99. The molecular weight excluding hydrogens is 352 g/mol. The van der Waals surface area contributed by atoms with Gasteiger partial charge in [-0.3, -0.25) is 4.79 Å². The third kappa shape index (κ3) is 3.81. The number of hydrogen-bond donors (Lipinski definition) is 0. The average Bonchev–Trinajstić information content (AvgIpc) is 2.61. The van der Waals surface area contributed by atoms with Crippen LogP contribution in [0.25, 0.3) is 22.3 Å². The quantitative estimate of drug-likeness (QED) is 0.550. The first-order valence-electron chi connectivity index (χ1n) is 7.76. The highest BCUT2D eigenvalue weighted by Crippen LogP contribution is 2.30. The summed E-state index contributed by atoms with van der Waals surface area (Å²) in [7, 11) is 0. The highest BCUT2D eigenvalue weighted by atomic mass is 32.2. The van der Waals surface area contributed by atoms with Gasteiger partial charge in [-0.1, -0.05) is 42.1 Å². The lowest BCUT2D eigenvalue weighted by molar-refractivity contribution is -0.109. The molecule has 0 aliphatic rings. The van der Waals surface area contributed by atoms with Gasteiger partial charge in [-0.15, -0.1) is 0 Å². The predicted molar refractivity (Wildman–Crippen MR) is 98.5 cm³/mol. The van der Waals surface area contributed by atoms with Crippen LogP contribution in [0.3, 0.4) is 0 Å². The fraction of sp³-hybridized carbons (Fsp3) is 0.0476. The van der Waals surface area contributed by atoms with E-state index in [-0.39, 0.29) is 16.2 Å². The Bertz CT molecular complexity index is 1020. The van der Waals surface area contributed by atoms with Crippen molar-refractivity contribution in [2.45, 2.75) is 11.8 Å². The van der Waals surface area contributed by atoms with Crippen molar-refractivity contribution in [2.24, 2.45) is 0 Å². The standard InChI is InChI=1S/C21H13F2NOS/c1-13(25)26-18-7-4-14(5-8-18)15-6-9-19(21(23)10-15)16-2-3-17(12-24)20(22)11-16/h2-11H,1H3. The molecule has 0 radical (unpaired) electrons. The zero-order chi connectivity index (χ0) is 18.7. The minimum Gasteiger partial charge on any atom is -0.287 e. The zero-order valence-corrected chi connectivity index (χ0v) is 14.6. The van der Waals surface area contributed by atoms with Crippen molar-refractivity contribution < 1.29 is 13.6 Å². The van der Waals surface area contributed by atoms with Crippen LogP contribution in [0.4, 0.5) is 8.78 Å². The van der Waals surface area contributed by atoms with E-state index in [4.69, 9.17) is 5.26 Å². The first kappa shape index (κ1) is 17.8. The number of nitriles is 1. The number of carbonyl (C=O) groups is 1. The SMILES string of the molecule is CC(=O)Sc1ccc(-c2ccc(-c3ccc(C#N)c(F)c3)c(F)c2)cc1. The molecule has 0 aromatic heterocycles. The van der Waals surface area contributed by atoms with Gasteiger partial charge >= 0.3 is 0 Å². The van der Waals surface area contributed by atoms with E-state index in [2.05, 4.69) is 0 Å². The van der Waals surface area contributed by atoms with Crippen LogP contribution in [-0.2, 0) is 4.79 Å². The van der Waals surface area contributed by atoms with Crippen LogP contribution in [0, 0.1) is 23.0 Å². The van der Waals surface area contributed by atoms with Gasteiger partial charge in [-0.05, 0) is 47.0 Å². The summed E-state index contributed by atoms with van der Waals surface area (Å²) in [6.45, 7) is 1.50. The van der Waals surface area contributed by atoms with E-state index < -0.39 is 11.6 Å². The highest BCUT2D eigenvalue weighted by molar-refractivity contribution is 8.13. The first-order chi connectivity index (χ1) is 12.5. The summed E-state index contributed by atoms with van der Waals surface area (Å²) >= 11 is 1.14. The molecule has 26 heavy (non-hydrogen) atoms. The molecule has 0 heterocycles. The van der Waals surface area contributed by atoms with Crippen molar-refractivity contribution in [3.8, 4) is 28.3 Å². The first-order valence-corrected chi connectivity index (χ1v) is 8.58. The van der Waals surface area contributed by atoms with Crippen LogP contribution in [0.2, 0.25) is 0 Å². The minimum absolute atomic E-state index is 0.00259. The van der Waals surface area contributed by atoms with E-state index in [1.807, 2.05) is 24.3 Å². The summed E-state index contributed by atoms with van der Waals surface area (Å²) in [6, 6.07) is 17.7. The third-order valence-corrected chi connectivity index (χ3v) is 4.61. The summed E-state index contributed by atoms with van der Waals surface area (Å²) < 4.78 is 28.3. The molecule has 0 aliphatic heterocycles. The molecule has 128 valence electrons. The van der Waals surface area contributed by atoms with E-state index in [9.17, 15) is 13.6 Å². The largest absolute Gasteiger partial charge is 0.287 e. The third-order valence-electron chi connectivity index (χ3n) is 3.82. The van der Waals surface area contributed by atoms with Crippen molar-refractivity contribution in [1.82, 2.24) is 0 Å². The Morgan fingerprint density at radius 2 is 1.50 bits per heavy atom. The monoisotopic (exact) mass is 365 g/mol. The Morgan fingerprint density at radius 1 is 0.885 bits per heavy atom. The minimum atomic E-state index is -0.674. The van der Waals surface area contributed by atoms with Gasteiger partial charge in [0.05, 0.1) is 5.56 Å². The molecule has 0 bridgehead atoms. The maximum absolute atomic E-state index is 14.6. The summed E-state index contributed by atoms with van der Waals surface area (Å²) in [4.78, 5) is 11.9. The molecule has 5 heteroatoms. The van der Waals surface area contributed by atoms with Crippen LogP contribution in [0.5, 0.6) is 0 Å². The second-order valence-electron chi connectivity index (χ2n) is 5.62. The molecule has 0 amide bonds. The van der Waals surface area contributed by atoms with Gasteiger partial charge in [-0.25, -0.2) is 8.78 Å². The molecule has 0 saturated heterocycles. The highest BCUT2D eigenvalue weighted by Gasteiger charge is 2.10. The van der Waals surface area contributed by atoms with Gasteiger partial charge in [0, 0.05) is 17.4 Å². The molecule has 0 fully saturated rings. The maximum Gasteiger partial charge on any atom is 0.190 e. The molecule has 0 unspecified atom stereocenters. The Kier molecular flexibility index (Phi) is 5.15. The van der Waals surface area contributed by atoms with E-state index >= 15 is 0 Å². The lowest BCUT2D eigenvalue weighted by Gasteiger charge is -2.08. The summed E-state index contributed by atoms with van der Waals surface area (Å²) in [5.41, 5.74) is 2.06. The Balaban J connectivity index is 1.91. The van der Waals surface area contributed by atoms with E-state index in [0.717, 1.165) is 28.3 Å². The number of hydrogen-bond acceptors (Lipinski definition) is 3. The number of rotatable bonds is 3. The Hall–Kier alpha value is -2.97. The van der Waals surface area contributed by atoms with Crippen molar-refractivity contribution in [1.29, 1.82) is 5.26 Å². The van der Waals surface area contributed by atoms with Crippen molar-refractivity contribution in [2.75, 3.05) is 0 Å². The van der Waals surface area contributed by atoms with Crippen molar-refractivity contribution in [3.05, 3.63) is 77.9 Å². The van der Waals surface area contributed by atoms with Crippen LogP contribution in [0.1, 0.15) is 12.5 Å². The van der Waals surface area contributed by atoms with E-state index in [1.54, 1.807) is 18.2 Å². The van der Waals surface area contributed by atoms with Crippen LogP contribution >= 0.6 is 11.8 Å². The number of benzene rings is 3. The van der Waals surface area contributed by atoms with Gasteiger partial charge in [0.1, 0.15) is 17.7 Å². The van der Waals surface area contributed by atoms with Crippen molar-refractivity contribution >= 4 is 16.9 Å². The molecule has 3 aromatic carbocycles. The van der Waals surface area contributed by atoms with Gasteiger partial charge in [0.2, 0.25) is 0 Å². The van der Waals surface area contributed by atoms with Gasteiger partial charge < -0.3 is 0 Å². The smallest absolute Gasteiger partial charge is 0.190 e.